The van der Waals surface area contributed by atoms with Crippen molar-refractivity contribution in [1.29, 1.82) is 0 Å². The number of para-hydroxylation sites is 1. The predicted octanol–water partition coefficient (Wildman–Crippen LogP) is 1.55. The molecule has 94 valence electrons. The molecular weight excluding hydrogens is 232 g/mol. The number of fused-ring (bicyclic) bond motifs is 1. The molecule has 6 heteroatoms. The van der Waals surface area contributed by atoms with Gasteiger partial charge in [0.05, 0.1) is 11.4 Å². The van der Waals surface area contributed by atoms with E-state index in [2.05, 4.69) is 20.5 Å². The second-order valence-corrected chi connectivity index (χ2v) is 3.95. The number of nitrogens with zero attached hydrogens (tertiary/aromatic N) is 3. The summed E-state index contributed by atoms with van der Waals surface area (Å²) in [5.41, 5.74) is 1.45. The Bertz CT molecular complexity index is 559. The SMILES string of the molecule is CCC(CNc1nnc2ccccc2n1)C(=O)O. The normalized spacial score (nSPS) is 12.3. The summed E-state index contributed by atoms with van der Waals surface area (Å²) in [6, 6.07) is 7.39. The molecule has 0 spiro atoms. The van der Waals surface area contributed by atoms with E-state index in [4.69, 9.17) is 5.11 Å². The van der Waals surface area contributed by atoms with Crippen LogP contribution in [0.4, 0.5) is 5.95 Å². The molecule has 0 fully saturated rings. The second kappa shape index (κ2) is 5.39. The van der Waals surface area contributed by atoms with Crippen molar-refractivity contribution in [3.05, 3.63) is 24.3 Å². The van der Waals surface area contributed by atoms with Crippen LogP contribution in [0.15, 0.2) is 24.3 Å². The fourth-order valence-corrected chi connectivity index (χ4v) is 1.58. The minimum Gasteiger partial charge on any atom is -0.481 e. The molecule has 0 bridgehead atoms. The fraction of sp³-hybridized carbons (Fsp3) is 0.333. The highest BCUT2D eigenvalue weighted by Crippen LogP contribution is 2.10. The number of benzene rings is 1. The van der Waals surface area contributed by atoms with Crippen molar-refractivity contribution >= 4 is 23.0 Å². The Morgan fingerprint density at radius 1 is 1.33 bits per heavy atom. The van der Waals surface area contributed by atoms with Gasteiger partial charge in [0.25, 0.3) is 0 Å². The molecule has 1 aromatic carbocycles. The lowest BCUT2D eigenvalue weighted by Crippen LogP contribution is -2.23. The van der Waals surface area contributed by atoms with Gasteiger partial charge in [0.15, 0.2) is 0 Å². The number of aromatic nitrogens is 3. The van der Waals surface area contributed by atoms with Crippen LogP contribution in [0.5, 0.6) is 0 Å². The lowest BCUT2D eigenvalue weighted by atomic mass is 10.1. The smallest absolute Gasteiger partial charge is 0.308 e. The number of carboxylic acids is 1. The van der Waals surface area contributed by atoms with Gasteiger partial charge in [-0.2, -0.15) is 0 Å². The van der Waals surface area contributed by atoms with Crippen molar-refractivity contribution in [2.75, 3.05) is 11.9 Å². The van der Waals surface area contributed by atoms with Crippen molar-refractivity contribution in [1.82, 2.24) is 15.2 Å². The Hall–Kier alpha value is -2.24. The predicted molar refractivity (Wildman–Crippen MR) is 67.2 cm³/mol. The van der Waals surface area contributed by atoms with Gasteiger partial charge in [0, 0.05) is 6.54 Å². The van der Waals surface area contributed by atoms with Crippen LogP contribution in [0, 0.1) is 5.92 Å². The zero-order chi connectivity index (χ0) is 13.0. The number of carboxylic acid groups (broad SMARTS) is 1. The van der Waals surface area contributed by atoms with Crippen LogP contribution in [0.2, 0.25) is 0 Å². The van der Waals surface area contributed by atoms with E-state index in [1.54, 1.807) is 0 Å². The van der Waals surface area contributed by atoms with Crippen LogP contribution in [-0.4, -0.2) is 32.8 Å². The van der Waals surface area contributed by atoms with E-state index in [1.807, 2.05) is 31.2 Å². The molecule has 2 rings (SSSR count). The number of hydrogen-bond donors (Lipinski definition) is 2. The fourth-order valence-electron chi connectivity index (χ4n) is 1.58. The molecular formula is C12H14N4O2. The van der Waals surface area contributed by atoms with Gasteiger partial charge in [0.2, 0.25) is 5.95 Å². The molecule has 6 nitrogen and oxygen atoms in total. The first kappa shape index (κ1) is 12.2. The maximum absolute atomic E-state index is 10.9. The number of hydrogen-bond acceptors (Lipinski definition) is 5. The number of aliphatic carboxylic acids is 1. The molecule has 1 heterocycles. The lowest BCUT2D eigenvalue weighted by molar-refractivity contribution is -0.141. The van der Waals surface area contributed by atoms with E-state index < -0.39 is 11.9 Å². The number of rotatable bonds is 5. The monoisotopic (exact) mass is 246 g/mol. The van der Waals surface area contributed by atoms with Crippen LogP contribution >= 0.6 is 0 Å². The zero-order valence-corrected chi connectivity index (χ0v) is 10.00. The first-order valence-corrected chi connectivity index (χ1v) is 5.77. The van der Waals surface area contributed by atoms with Crippen LogP contribution in [0.3, 0.4) is 0 Å². The maximum atomic E-state index is 10.9. The molecule has 18 heavy (non-hydrogen) atoms. The van der Waals surface area contributed by atoms with Gasteiger partial charge in [-0.25, -0.2) is 4.98 Å². The molecule has 0 aliphatic heterocycles. The average molecular weight is 246 g/mol. The van der Waals surface area contributed by atoms with Gasteiger partial charge in [-0.05, 0) is 18.6 Å². The summed E-state index contributed by atoms with van der Waals surface area (Å²) in [5, 5.41) is 19.7. The summed E-state index contributed by atoms with van der Waals surface area (Å²) in [7, 11) is 0. The highest BCUT2D eigenvalue weighted by Gasteiger charge is 2.15. The minimum atomic E-state index is -0.821. The van der Waals surface area contributed by atoms with E-state index in [-0.39, 0.29) is 0 Å². The van der Waals surface area contributed by atoms with Crippen molar-refractivity contribution < 1.29 is 9.90 Å². The van der Waals surface area contributed by atoms with Gasteiger partial charge in [-0.3, -0.25) is 4.79 Å². The van der Waals surface area contributed by atoms with Crippen molar-refractivity contribution in [3.63, 3.8) is 0 Å². The summed E-state index contributed by atoms with van der Waals surface area (Å²) in [5.74, 6) is -0.910. The molecule has 2 N–H and O–H groups in total. The van der Waals surface area contributed by atoms with Crippen LogP contribution in [0.25, 0.3) is 11.0 Å². The molecule has 0 aliphatic carbocycles. The average Bonchev–Trinajstić information content (AvgIpc) is 2.39. The van der Waals surface area contributed by atoms with Crippen LogP contribution in [0.1, 0.15) is 13.3 Å². The largest absolute Gasteiger partial charge is 0.481 e. The van der Waals surface area contributed by atoms with Gasteiger partial charge in [-0.15, -0.1) is 10.2 Å². The maximum Gasteiger partial charge on any atom is 0.308 e. The first-order chi connectivity index (χ1) is 8.70. The first-order valence-electron chi connectivity index (χ1n) is 5.77. The summed E-state index contributed by atoms with van der Waals surface area (Å²) < 4.78 is 0. The second-order valence-electron chi connectivity index (χ2n) is 3.95. The Morgan fingerprint density at radius 2 is 2.06 bits per heavy atom. The third kappa shape index (κ3) is 2.71. The number of carbonyl (C=O) groups is 1. The van der Waals surface area contributed by atoms with Gasteiger partial charge >= 0.3 is 5.97 Å². The van der Waals surface area contributed by atoms with E-state index in [0.717, 1.165) is 5.52 Å². The molecule has 0 aliphatic rings. The summed E-state index contributed by atoms with van der Waals surface area (Å²) in [6.45, 7) is 2.13. The van der Waals surface area contributed by atoms with E-state index in [1.165, 1.54) is 0 Å². The lowest BCUT2D eigenvalue weighted by Gasteiger charge is -2.10. The van der Waals surface area contributed by atoms with Crippen molar-refractivity contribution in [3.8, 4) is 0 Å². The molecule has 0 radical (unpaired) electrons. The molecule has 0 amide bonds. The molecule has 1 atom stereocenters. The molecule has 1 unspecified atom stereocenters. The number of anilines is 1. The molecule has 1 aromatic heterocycles. The summed E-state index contributed by atoms with van der Waals surface area (Å²) in [6.07, 6.45) is 0.559. The zero-order valence-electron chi connectivity index (χ0n) is 10.00. The van der Waals surface area contributed by atoms with Crippen LogP contribution < -0.4 is 5.32 Å². The van der Waals surface area contributed by atoms with Gasteiger partial charge < -0.3 is 10.4 Å². The van der Waals surface area contributed by atoms with E-state index in [0.29, 0.717) is 24.4 Å². The quantitative estimate of drug-likeness (QED) is 0.832. The third-order valence-electron chi connectivity index (χ3n) is 2.71. The third-order valence-corrected chi connectivity index (χ3v) is 2.71. The Labute approximate surface area is 104 Å². The van der Waals surface area contributed by atoms with Crippen molar-refractivity contribution in [2.45, 2.75) is 13.3 Å². The summed E-state index contributed by atoms with van der Waals surface area (Å²) in [4.78, 5) is 15.1. The summed E-state index contributed by atoms with van der Waals surface area (Å²) >= 11 is 0. The highest BCUT2D eigenvalue weighted by atomic mass is 16.4. The van der Waals surface area contributed by atoms with Gasteiger partial charge in [0.1, 0.15) is 5.52 Å². The molecule has 0 saturated heterocycles. The Balaban J connectivity index is 2.10. The highest BCUT2D eigenvalue weighted by molar-refractivity contribution is 5.74. The van der Waals surface area contributed by atoms with E-state index in [9.17, 15) is 4.79 Å². The van der Waals surface area contributed by atoms with Crippen molar-refractivity contribution in [2.24, 2.45) is 5.92 Å². The van der Waals surface area contributed by atoms with Crippen LogP contribution in [-0.2, 0) is 4.79 Å². The standard InChI is InChI=1S/C12H14N4O2/c1-2-8(11(17)18)7-13-12-14-9-5-3-4-6-10(9)15-16-12/h3-6,8H,2,7H2,1H3,(H,17,18)(H,13,14,16). The Kier molecular flexibility index (Phi) is 3.66. The Morgan fingerprint density at radius 3 is 2.72 bits per heavy atom. The molecule has 0 saturated carbocycles. The number of nitrogens with one attached hydrogen (secondary N) is 1. The van der Waals surface area contributed by atoms with Gasteiger partial charge in [-0.1, -0.05) is 19.1 Å². The molecule has 2 aromatic rings. The topological polar surface area (TPSA) is 88.0 Å². The van der Waals surface area contributed by atoms with E-state index >= 15 is 0 Å². The minimum absolute atomic E-state index is 0.297.